The van der Waals surface area contributed by atoms with Gasteiger partial charge in [-0.3, -0.25) is 4.99 Å². The van der Waals surface area contributed by atoms with Crippen molar-refractivity contribution in [3.8, 4) is 5.75 Å². The topological polar surface area (TPSA) is 71.7 Å². The van der Waals surface area contributed by atoms with E-state index in [0.717, 1.165) is 23.5 Å². The molecule has 6 nitrogen and oxygen atoms in total. The van der Waals surface area contributed by atoms with Gasteiger partial charge < -0.3 is 19.8 Å². The van der Waals surface area contributed by atoms with Gasteiger partial charge in [0, 0.05) is 24.6 Å². The fourth-order valence-corrected chi connectivity index (χ4v) is 2.45. The minimum Gasteiger partial charge on any atom is -0.493 e. The van der Waals surface area contributed by atoms with Crippen LogP contribution in [0.15, 0.2) is 33.8 Å². The summed E-state index contributed by atoms with van der Waals surface area (Å²) in [6.07, 6.45) is 2.77. The summed E-state index contributed by atoms with van der Waals surface area (Å²) in [5.41, 5.74) is 2.24. The Hall–Kier alpha value is -1.77. The number of nitrogens with one attached hydrogen (secondary N) is 2. The van der Waals surface area contributed by atoms with Crippen LogP contribution < -0.4 is 15.4 Å². The summed E-state index contributed by atoms with van der Waals surface area (Å²) < 4.78 is 11.7. The molecule has 0 saturated heterocycles. The van der Waals surface area contributed by atoms with Gasteiger partial charge >= 0.3 is 0 Å². The first-order valence-electron chi connectivity index (χ1n) is 9.45. The number of rotatable bonds is 7. The highest BCUT2D eigenvalue weighted by Crippen LogP contribution is 2.22. The molecular weight excluding hydrogens is 467 g/mol. The summed E-state index contributed by atoms with van der Waals surface area (Å²) in [7, 11) is 1.75. The number of hydrogen-bond acceptors (Lipinski definition) is 4. The van der Waals surface area contributed by atoms with E-state index in [0.29, 0.717) is 31.5 Å². The molecule has 2 rings (SSSR count). The minimum atomic E-state index is -0.0501. The molecule has 0 aliphatic carbocycles. The molecule has 0 aliphatic heterocycles. The third kappa shape index (κ3) is 7.33. The Kier molecular flexibility index (Phi) is 9.78. The average molecular weight is 500 g/mol. The van der Waals surface area contributed by atoms with E-state index in [1.807, 2.05) is 0 Å². The van der Waals surface area contributed by atoms with Crippen LogP contribution in [0.25, 0.3) is 0 Å². The van der Waals surface area contributed by atoms with Gasteiger partial charge in [-0.05, 0) is 25.0 Å². The Bertz CT molecular complexity index is 766. The van der Waals surface area contributed by atoms with Gasteiger partial charge in [-0.1, -0.05) is 39.8 Å². The Balaban J connectivity index is 0.00000392. The molecular formula is C21H33IN4O2. The first kappa shape index (κ1) is 24.3. The van der Waals surface area contributed by atoms with Gasteiger partial charge in [-0.25, -0.2) is 4.98 Å². The number of guanidine groups is 1. The Morgan fingerprint density at radius 3 is 2.54 bits per heavy atom. The molecule has 0 atom stereocenters. The van der Waals surface area contributed by atoms with Gasteiger partial charge in [0.2, 0.25) is 5.89 Å². The summed E-state index contributed by atoms with van der Waals surface area (Å²) >= 11 is 0. The molecule has 0 bridgehead atoms. The van der Waals surface area contributed by atoms with Gasteiger partial charge in [0.05, 0.1) is 19.3 Å². The summed E-state index contributed by atoms with van der Waals surface area (Å²) in [5, 5.41) is 6.56. The van der Waals surface area contributed by atoms with Crippen molar-refractivity contribution >= 4 is 29.9 Å². The number of benzene rings is 1. The normalized spacial score (nSPS) is 11.7. The predicted octanol–water partition coefficient (Wildman–Crippen LogP) is 4.55. The van der Waals surface area contributed by atoms with E-state index < -0.39 is 0 Å². The van der Waals surface area contributed by atoms with Crippen LogP contribution in [0.3, 0.4) is 0 Å². The Labute approximate surface area is 185 Å². The largest absolute Gasteiger partial charge is 0.493 e. The van der Waals surface area contributed by atoms with Crippen LogP contribution in [0.4, 0.5) is 0 Å². The SMILES string of the molecule is CCCOc1cc(C)ccc1CNC(=NC)NCc1ncc(C(C)(C)C)o1.I. The molecule has 0 unspecified atom stereocenters. The number of aryl methyl sites for hydroxylation is 1. The van der Waals surface area contributed by atoms with E-state index in [2.05, 4.69) is 73.4 Å². The van der Waals surface area contributed by atoms with Crippen molar-refractivity contribution in [3.63, 3.8) is 0 Å². The molecule has 0 radical (unpaired) electrons. The lowest BCUT2D eigenvalue weighted by Gasteiger charge is -2.15. The lowest BCUT2D eigenvalue weighted by atomic mass is 9.94. The molecule has 0 aliphatic rings. The second kappa shape index (κ2) is 11.3. The Morgan fingerprint density at radius 1 is 1.21 bits per heavy atom. The lowest BCUT2D eigenvalue weighted by molar-refractivity contribution is 0.313. The molecule has 1 aromatic carbocycles. The van der Waals surface area contributed by atoms with Crippen molar-refractivity contribution in [3.05, 3.63) is 47.2 Å². The maximum atomic E-state index is 5.87. The van der Waals surface area contributed by atoms with Crippen molar-refractivity contribution < 1.29 is 9.15 Å². The molecule has 0 fully saturated rings. The highest BCUT2D eigenvalue weighted by atomic mass is 127. The third-order valence-corrected chi connectivity index (χ3v) is 4.05. The van der Waals surface area contributed by atoms with Crippen LogP contribution in [0.5, 0.6) is 5.75 Å². The molecule has 0 saturated carbocycles. The van der Waals surface area contributed by atoms with Crippen LogP contribution >= 0.6 is 24.0 Å². The van der Waals surface area contributed by atoms with E-state index in [-0.39, 0.29) is 29.4 Å². The van der Waals surface area contributed by atoms with Crippen LogP contribution in [0.1, 0.15) is 56.9 Å². The molecule has 0 amide bonds. The van der Waals surface area contributed by atoms with Gasteiger partial charge in [-0.2, -0.15) is 0 Å². The predicted molar refractivity (Wildman–Crippen MR) is 125 cm³/mol. The molecule has 156 valence electrons. The van der Waals surface area contributed by atoms with Crippen molar-refractivity contribution in [1.82, 2.24) is 15.6 Å². The number of hydrogen-bond donors (Lipinski definition) is 2. The number of aliphatic imine (C=N–C) groups is 1. The van der Waals surface area contributed by atoms with E-state index in [1.54, 1.807) is 13.2 Å². The standard InChI is InChI=1S/C21H32N4O2.HI/c1-7-10-26-17-11-15(2)8-9-16(17)12-24-20(22-6)25-14-19-23-13-18(27-19)21(3,4)5;/h8-9,11,13H,7,10,12,14H2,1-6H3,(H2,22,24,25);1H. The highest BCUT2D eigenvalue weighted by molar-refractivity contribution is 14.0. The smallest absolute Gasteiger partial charge is 0.213 e. The maximum Gasteiger partial charge on any atom is 0.213 e. The van der Waals surface area contributed by atoms with Crippen molar-refractivity contribution in [1.29, 1.82) is 0 Å². The van der Waals surface area contributed by atoms with Crippen LogP contribution in [-0.4, -0.2) is 24.6 Å². The van der Waals surface area contributed by atoms with E-state index in [1.165, 1.54) is 5.56 Å². The van der Waals surface area contributed by atoms with Gasteiger partial charge in [0.1, 0.15) is 11.5 Å². The van der Waals surface area contributed by atoms with Crippen LogP contribution in [0.2, 0.25) is 0 Å². The lowest BCUT2D eigenvalue weighted by Crippen LogP contribution is -2.36. The third-order valence-electron chi connectivity index (χ3n) is 4.05. The molecule has 1 aromatic heterocycles. The number of aromatic nitrogens is 1. The first-order chi connectivity index (χ1) is 12.8. The maximum absolute atomic E-state index is 5.87. The van der Waals surface area contributed by atoms with Crippen molar-refractivity contribution in [2.75, 3.05) is 13.7 Å². The van der Waals surface area contributed by atoms with Gasteiger partial charge in [0.25, 0.3) is 0 Å². The molecule has 2 aromatic rings. The van der Waals surface area contributed by atoms with Crippen molar-refractivity contribution in [2.24, 2.45) is 4.99 Å². The summed E-state index contributed by atoms with van der Waals surface area (Å²) in [6, 6.07) is 6.25. The van der Waals surface area contributed by atoms with Crippen molar-refractivity contribution in [2.45, 2.75) is 59.5 Å². The zero-order chi connectivity index (χ0) is 19.9. The fraction of sp³-hybridized carbons (Fsp3) is 0.524. The van der Waals surface area contributed by atoms with Crippen LogP contribution in [0, 0.1) is 6.92 Å². The number of nitrogens with zero attached hydrogens (tertiary/aromatic N) is 2. The summed E-state index contributed by atoms with van der Waals surface area (Å²) in [6.45, 7) is 12.3. The molecule has 0 spiro atoms. The second-order valence-electron chi connectivity index (χ2n) is 7.61. The summed E-state index contributed by atoms with van der Waals surface area (Å²) in [4.78, 5) is 8.60. The molecule has 1 heterocycles. The minimum absolute atomic E-state index is 0. The molecule has 2 N–H and O–H groups in total. The molecule has 28 heavy (non-hydrogen) atoms. The van der Waals surface area contributed by atoms with Gasteiger partial charge in [0.15, 0.2) is 5.96 Å². The van der Waals surface area contributed by atoms with Gasteiger partial charge in [-0.15, -0.1) is 24.0 Å². The van der Waals surface area contributed by atoms with E-state index >= 15 is 0 Å². The fourth-order valence-electron chi connectivity index (χ4n) is 2.45. The number of halogens is 1. The highest BCUT2D eigenvalue weighted by Gasteiger charge is 2.19. The number of oxazole rings is 1. The monoisotopic (exact) mass is 500 g/mol. The Morgan fingerprint density at radius 2 is 1.93 bits per heavy atom. The van der Waals surface area contributed by atoms with E-state index in [9.17, 15) is 0 Å². The quantitative estimate of drug-likeness (QED) is 0.332. The second-order valence-corrected chi connectivity index (χ2v) is 7.61. The molecule has 7 heteroatoms. The van der Waals surface area contributed by atoms with Crippen LogP contribution in [-0.2, 0) is 18.5 Å². The summed E-state index contributed by atoms with van der Waals surface area (Å²) in [5.74, 6) is 3.12. The zero-order valence-corrected chi connectivity index (χ0v) is 20.1. The number of ether oxygens (including phenoxy) is 1. The average Bonchev–Trinajstić information content (AvgIpc) is 3.10. The zero-order valence-electron chi connectivity index (χ0n) is 17.8. The van der Waals surface area contributed by atoms with E-state index in [4.69, 9.17) is 9.15 Å². The first-order valence-corrected chi connectivity index (χ1v) is 9.45.